The molecule has 0 amide bonds. The Morgan fingerprint density at radius 2 is 2.07 bits per heavy atom. The highest BCUT2D eigenvalue weighted by Crippen LogP contribution is 2.45. The van der Waals surface area contributed by atoms with Crippen LogP contribution in [-0.4, -0.2) is 30.5 Å². The first-order valence-corrected chi connectivity index (χ1v) is 5.83. The van der Waals surface area contributed by atoms with Gasteiger partial charge in [0.05, 0.1) is 17.8 Å². The van der Waals surface area contributed by atoms with Crippen molar-refractivity contribution < 1.29 is 9.47 Å². The topological polar surface area (TPSA) is 44.5 Å². The van der Waals surface area contributed by atoms with Crippen molar-refractivity contribution >= 4 is 0 Å². The zero-order chi connectivity index (χ0) is 9.60. The van der Waals surface area contributed by atoms with Crippen LogP contribution in [0, 0.1) is 0 Å². The molecule has 1 spiro atoms. The molecule has 0 aromatic carbocycles. The Hall–Kier alpha value is -0.120. The van der Waals surface area contributed by atoms with E-state index in [0.29, 0.717) is 18.2 Å². The fraction of sp³-hybridized carbons (Fsp3) is 1.00. The van der Waals surface area contributed by atoms with E-state index in [2.05, 4.69) is 0 Å². The molecule has 3 saturated heterocycles. The highest BCUT2D eigenvalue weighted by molar-refractivity contribution is 5.01. The standard InChI is InChI=1S/C11H19NO2/c12-8-4-6-13-11(7-8)5-3-9-1-2-10(11)14-9/h8-10H,1-7,12H2. The lowest BCUT2D eigenvalue weighted by molar-refractivity contribution is -0.194. The predicted octanol–water partition coefficient (Wildman–Crippen LogP) is 1.20. The van der Waals surface area contributed by atoms with Crippen LogP contribution in [0.2, 0.25) is 0 Å². The van der Waals surface area contributed by atoms with Gasteiger partial charge in [0.1, 0.15) is 0 Å². The largest absolute Gasteiger partial charge is 0.372 e. The Morgan fingerprint density at radius 1 is 1.14 bits per heavy atom. The van der Waals surface area contributed by atoms with E-state index >= 15 is 0 Å². The molecule has 0 saturated carbocycles. The van der Waals surface area contributed by atoms with Gasteiger partial charge in [-0.15, -0.1) is 0 Å². The molecule has 4 unspecified atom stereocenters. The van der Waals surface area contributed by atoms with Gasteiger partial charge in [-0.25, -0.2) is 0 Å². The van der Waals surface area contributed by atoms with Gasteiger partial charge < -0.3 is 15.2 Å². The molecule has 3 heteroatoms. The van der Waals surface area contributed by atoms with Crippen molar-refractivity contribution in [1.29, 1.82) is 0 Å². The van der Waals surface area contributed by atoms with Crippen LogP contribution < -0.4 is 5.73 Å². The number of hydrogen-bond acceptors (Lipinski definition) is 3. The fourth-order valence-corrected chi connectivity index (χ4v) is 3.29. The SMILES string of the molecule is NC1CCOC2(CCC3CCC2O3)C1. The molecule has 0 radical (unpaired) electrons. The molecule has 2 N–H and O–H groups in total. The van der Waals surface area contributed by atoms with Gasteiger partial charge in [-0.1, -0.05) is 0 Å². The first kappa shape index (κ1) is 9.13. The zero-order valence-electron chi connectivity index (χ0n) is 8.58. The molecule has 0 aromatic rings. The van der Waals surface area contributed by atoms with Crippen LogP contribution in [0.5, 0.6) is 0 Å². The van der Waals surface area contributed by atoms with Crippen LogP contribution in [-0.2, 0) is 9.47 Å². The second kappa shape index (κ2) is 3.19. The van der Waals surface area contributed by atoms with Crippen LogP contribution in [0.25, 0.3) is 0 Å². The summed E-state index contributed by atoms with van der Waals surface area (Å²) in [5, 5.41) is 0. The number of rotatable bonds is 0. The molecular formula is C11H19NO2. The van der Waals surface area contributed by atoms with Crippen molar-refractivity contribution in [2.75, 3.05) is 6.61 Å². The molecule has 3 aliphatic heterocycles. The summed E-state index contributed by atoms with van der Waals surface area (Å²) in [6.45, 7) is 0.825. The summed E-state index contributed by atoms with van der Waals surface area (Å²) < 4.78 is 12.0. The number of fused-ring (bicyclic) bond motifs is 3. The minimum absolute atomic E-state index is 0.00926. The maximum atomic E-state index is 6.04. The normalized spacial score (nSPS) is 52.5. The van der Waals surface area contributed by atoms with Crippen molar-refractivity contribution in [2.24, 2.45) is 5.73 Å². The van der Waals surface area contributed by atoms with E-state index in [4.69, 9.17) is 15.2 Å². The van der Waals surface area contributed by atoms with E-state index in [0.717, 1.165) is 25.9 Å². The third-order valence-corrected chi connectivity index (χ3v) is 4.07. The van der Waals surface area contributed by atoms with E-state index in [9.17, 15) is 0 Å². The third kappa shape index (κ3) is 1.30. The molecule has 3 fully saturated rings. The van der Waals surface area contributed by atoms with Gasteiger partial charge in [0.2, 0.25) is 0 Å². The first-order valence-electron chi connectivity index (χ1n) is 5.83. The average molecular weight is 197 g/mol. The number of ether oxygens (including phenoxy) is 2. The second-order valence-electron chi connectivity index (χ2n) is 5.03. The number of nitrogens with two attached hydrogens (primary N) is 1. The van der Waals surface area contributed by atoms with Crippen LogP contribution in [0.4, 0.5) is 0 Å². The Bertz CT molecular complexity index is 233. The van der Waals surface area contributed by atoms with Crippen molar-refractivity contribution in [3.8, 4) is 0 Å². The second-order valence-corrected chi connectivity index (χ2v) is 5.03. The maximum absolute atomic E-state index is 6.04. The van der Waals surface area contributed by atoms with E-state index < -0.39 is 0 Å². The van der Waals surface area contributed by atoms with Crippen LogP contribution in [0.15, 0.2) is 0 Å². The molecule has 2 bridgehead atoms. The van der Waals surface area contributed by atoms with Crippen molar-refractivity contribution in [2.45, 2.75) is 62.4 Å². The van der Waals surface area contributed by atoms with Crippen LogP contribution in [0.3, 0.4) is 0 Å². The van der Waals surface area contributed by atoms with E-state index in [-0.39, 0.29) is 5.60 Å². The molecule has 3 heterocycles. The van der Waals surface area contributed by atoms with E-state index in [1.165, 1.54) is 19.3 Å². The lowest BCUT2D eigenvalue weighted by Gasteiger charge is -2.46. The van der Waals surface area contributed by atoms with E-state index in [1.54, 1.807) is 0 Å². The van der Waals surface area contributed by atoms with Gasteiger partial charge in [0.15, 0.2) is 0 Å². The molecule has 3 aliphatic rings. The average Bonchev–Trinajstić information content (AvgIpc) is 2.58. The Kier molecular flexibility index (Phi) is 2.08. The first-order chi connectivity index (χ1) is 6.78. The highest BCUT2D eigenvalue weighted by atomic mass is 16.6. The lowest BCUT2D eigenvalue weighted by atomic mass is 9.81. The summed E-state index contributed by atoms with van der Waals surface area (Å²) in [5.41, 5.74) is 6.03. The number of hydrogen-bond donors (Lipinski definition) is 1. The highest BCUT2D eigenvalue weighted by Gasteiger charge is 2.50. The molecule has 3 rings (SSSR count). The molecule has 14 heavy (non-hydrogen) atoms. The van der Waals surface area contributed by atoms with E-state index in [1.807, 2.05) is 0 Å². The summed E-state index contributed by atoms with van der Waals surface area (Å²) >= 11 is 0. The fourth-order valence-electron chi connectivity index (χ4n) is 3.29. The van der Waals surface area contributed by atoms with Crippen molar-refractivity contribution in [3.63, 3.8) is 0 Å². The van der Waals surface area contributed by atoms with Gasteiger partial charge in [-0.05, 0) is 38.5 Å². The lowest BCUT2D eigenvalue weighted by Crippen LogP contribution is -2.54. The molecule has 4 atom stereocenters. The predicted molar refractivity (Wildman–Crippen MR) is 53.0 cm³/mol. The Labute approximate surface area is 84.9 Å². The molecule has 3 nitrogen and oxygen atoms in total. The summed E-state index contributed by atoms with van der Waals surface area (Å²) in [6, 6.07) is 0.324. The van der Waals surface area contributed by atoms with Gasteiger partial charge in [0, 0.05) is 12.6 Å². The zero-order valence-corrected chi connectivity index (χ0v) is 8.58. The van der Waals surface area contributed by atoms with Gasteiger partial charge >= 0.3 is 0 Å². The maximum Gasteiger partial charge on any atom is 0.0958 e. The minimum Gasteiger partial charge on any atom is -0.372 e. The quantitative estimate of drug-likeness (QED) is 0.634. The molecular weight excluding hydrogens is 178 g/mol. The van der Waals surface area contributed by atoms with Crippen LogP contribution >= 0.6 is 0 Å². The van der Waals surface area contributed by atoms with Crippen LogP contribution in [0.1, 0.15) is 38.5 Å². The van der Waals surface area contributed by atoms with Gasteiger partial charge in [0.25, 0.3) is 0 Å². The monoisotopic (exact) mass is 197 g/mol. The third-order valence-electron chi connectivity index (χ3n) is 4.07. The summed E-state index contributed by atoms with van der Waals surface area (Å²) in [4.78, 5) is 0. The Morgan fingerprint density at radius 3 is 2.93 bits per heavy atom. The van der Waals surface area contributed by atoms with Crippen molar-refractivity contribution in [3.05, 3.63) is 0 Å². The summed E-state index contributed by atoms with van der Waals surface area (Å²) in [6.07, 6.45) is 7.61. The van der Waals surface area contributed by atoms with Gasteiger partial charge in [-0.2, -0.15) is 0 Å². The summed E-state index contributed by atoms with van der Waals surface area (Å²) in [7, 11) is 0. The molecule has 0 aliphatic carbocycles. The molecule has 0 aromatic heterocycles. The molecule has 80 valence electrons. The smallest absolute Gasteiger partial charge is 0.0958 e. The van der Waals surface area contributed by atoms with Gasteiger partial charge in [-0.3, -0.25) is 0 Å². The van der Waals surface area contributed by atoms with Crippen molar-refractivity contribution in [1.82, 2.24) is 0 Å². The Balaban J connectivity index is 1.80. The minimum atomic E-state index is -0.00926. The summed E-state index contributed by atoms with van der Waals surface area (Å²) in [5.74, 6) is 0.